The lowest BCUT2D eigenvalue weighted by molar-refractivity contribution is -0.132. The third-order valence-corrected chi connectivity index (χ3v) is 1.80. The van der Waals surface area contributed by atoms with Crippen LogP contribution in [0.25, 0.3) is 0 Å². The van der Waals surface area contributed by atoms with Crippen molar-refractivity contribution >= 4 is 5.91 Å². The smallest absolute Gasteiger partial charge is 0.239 e. The van der Waals surface area contributed by atoms with Crippen LogP contribution in [0, 0.1) is 17.2 Å². The molecule has 4 heteroatoms. The Morgan fingerprint density at radius 1 is 1.62 bits per heavy atom. The Bertz CT molecular complexity index is 207. The topological polar surface area (TPSA) is 70.1 Å². The largest absolute Gasteiger partial charge is 0.340 e. The van der Waals surface area contributed by atoms with Crippen LogP contribution in [0.3, 0.4) is 0 Å². The molecule has 0 rings (SSSR count). The van der Waals surface area contributed by atoms with Gasteiger partial charge in [0, 0.05) is 13.1 Å². The van der Waals surface area contributed by atoms with Crippen molar-refractivity contribution in [1.29, 1.82) is 5.26 Å². The Kier molecular flexibility index (Phi) is 5.09. The quantitative estimate of drug-likeness (QED) is 0.683. The molecule has 0 aliphatic heterocycles. The van der Waals surface area contributed by atoms with Crippen molar-refractivity contribution in [2.75, 3.05) is 13.1 Å². The van der Waals surface area contributed by atoms with Gasteiger partial charge in [-0.25, -0.2) is 0 Å². The van der Waals surface area contributed by atoms with E-state index in [0.717, 1.165) is 0 Å². The van der Waals surface area contributed by atoms with E-state index in [1.54, 1.807) is 18.7 Å². The number of amides is 1. The maximum atomic E-state index is 11.4. The number of nitriles is 1. The number of hydrogen-bond acceptors (Lipinski definition) is 3. The molecular weight excluding hydrogens is 166 g/mol. The van der Waals surface area contributed by atoms with Gasteiger partial charge in [0.15, 0.2) is 0 Å². The van der Waals surface area contributed by atoms with E-state index in [0.29, 0.717) is 13.1 Å². The van der Waals surface area contributed by atoms with Gasteiger partial charge in [0.05, 0.1) is 18.0 Å². The standard InChI is InChI=1S/C9H17N3O/c1-4-12(6-7(2)5-10)9(13)8(3)11/h7-8H,4,6,11H2,1-3H3/t7?,8-/m0/s1. The summed E-state index contributed by atoms with van der Waals surface area (Å²) in [5.74, 6) is -0.229. The highest BCUT2D eigenvalue weighted by atomic mass is 16.2. The van der Waals surface area contributed by atoms with Gasteiger partial charge >= 0.3 is 0 Å². The maximum Gasteiger partial charge on any atom is 0.239 e. The van der Waals surface area contributed by atoms with Gasteiger partial charge in [0.2, 0.25) is 5.91 Å². The van der Waals surface area contributed by atoms with Crippen molar-refractivity contribution in [2.24, 2.45) is 11.7 Å². The molecule has 2 N–H and O–H groups in total. The first kappa shape index (κ1) is 11.9. The molecule has 0 aromatic heterocycles. The molecule has 0 bridgehead atoms. The average molecular weight is 183 g/mol. The zero-order valence-corrected chi connectivity index (χ0v) is 8.45. The van der Waals surface area contributed by atoms with Crippen LogP contribution in [0.1, 0.15) is 20.8 Å². The molecule has 0 heterocycles. The highest BCUT2D eigenvalue weighted by molar-refractivity contribution is 5.81. The van der Waals surface area contributed by atoms with E-state index in [1.165, 1.54) is 0 Å². The number of nitrogens with zero attached hydrogens (tertiary/aromatic N) is 2. The van der Waals surface area contributed by atoms with Crippen LogP contribution in [-0.2, 0) is 4.79 Å². The minimum atomic E-state index is -0.481. The number of rotatable bonds is 4. The highest BCUT2D eigenvalue weighted by Gasteiger charge is 2.17. The Hall–Kier alpha value is -1.08. The summed E-state index contributed by atoms with van der Waals surface area (Å²) >= 11 is 0. The van der Waals surface area contributed by atoms with Gasteiger partial charge in [-0.05, 0) is 20.8 Å². The first-order chi connectivity index (χ1) is 6.02. The first-order valence-electron chi connectivity index (χ1n) is 4.46. The molecular formula is C9H17N3O. The van der Waals surface area contributed by atoms with E-state index in [9.17, 15) is 4.79 Å². The van der Waals surface area contributed by atoms with Crippen molar-refractivity contribution in [3.8, 4) is 6.07 Å². The van der Waals surface area contributed by atoms with Gasteiger partial charge in [-0.15, -0.1) is 0 Å². The van der Waals surface area contributed by atoms with E-state index in [2.05, 4.69) is 6.07 Å². The van der Waals surface area contributed by atoms with Crippen LogP contribution in [0.15, 0.2) is 0 Å². The van der Waals surface area contributed by atoms with Crippen LogP contribution < -0.4 is 5.73 Å². The Labute approximate surface area is 79.3 Å². The van der Waals surface area contributed by atoms with E-state index in [1.807, 2.05) is 6.92 Å². The van der Waals surface area contributed by atoms with Crippen molar-refractivity contribution in [1.82, 2.24) is 4.90 Å². The third kappa shape index (κ3) is 3.90. The predicted octanol–water partition coefficient (Wildman–Crippen LogP) is 0.342. The minimum Gasteiger partial charge on any atom is -0.340 e. The fraction of sp³-hybridized carbons (Fsp3) is 0.778. The van der Waals surface area contributed by atoms with Gasteiger partial charge in [-0.1, -0.05) is 0 Å². The third-order valence-electron chi connectivity index (χ3n) is 1.80. The summed E-state index contributed by atoms with van der Waals surface area (Å²) in [5.41, 5.74) is 5.46. The first-order valence-corrected chi connectivity index (χ1v) is 4.46. The Morgan fingerprint density at radius 2 is 2.15 bits per heavy atom. The molecule has 0 saturated heterocycles. The summed E-state index contributed by atoms with van der Waals surface area (Å²) in [6.45, 7) is 6.39. The van der Waals surface area contributed by atoms with Crippen LogP contribution in [0.4, 0.5) is 0 Å². The molecule has 74 valence electrons. The monoisotopic (exact) mass is 183 g/mol. The minimum absolute atomic E-state index is 0.0930. The molecule has 0 radical (unpaired) electrons. The van der Waals surface area contributed by atoms with Gasteiger partial charge in [-0.3, -0.25) is 4.79 Å². The molecule has 0 saturated carbocycles. The summed E-state index contributed by atoms with van der Waals surface area (Å²) in [6, 6.07) is 1.61. The zero-order valence-electron chi connectivity index (χ0n) is 8.45. The fourth-order valence-electron chi connectivity index (χ4n) is 1.03. The molecule has 13 heavy (non-hydrogen) atoms. The van der Waals surface area contributed by atoms with E-state index < -0.39 is 6.04 Å². The SMILES string of the molecule is CCN(CC(C)C#N)C(=O)[C@H](C)N. The molecule has 0 spiro atoms. The molecule has 1 unspecified atom stereocenters. The molecule has 2 atom stereocenters. The fourth-order valence-corrected chi connectivity index (χ4v) is 1.03. The van der Waals surface area contributed by atoms with Crippen molar-refractivity contribution in [2.45, 2.75) is 26.8 Å². The summed E-state index contributed by atoms with van der Waals surface area (Å²) in [7, 11) is 0. The van der Waals surface area contributed by atoms with Gasteiger partial charge in [0.1, 0.15) is 0 Å². The number of likely N-dealkylation sites (N-methyl/N-ethyl adjacent to an activating group) is 1. The second-order valence-electron chi connectivity index (χ2n) is 3.20. The average Bonchev–Trinajstić information content (AvgIpc) is 2.12. The van der Waals surface area contributed by atoms with E-state index in [-0.39, 0.29) is 11.8 Å². The van der Waals surface area contributed by atoms with Gasteiger partial charge in [0.25, 0.3) is 0 Å². The number of nitrogens with two attached hydrogens (primary N) is 1. The van der Waals surface area contributed by atoms with Gasteiger partial charge < -0.3 is 10.6 Å². The predicted molar refractivity (Wildman–Crippen MR) is 50.7 cm³/mol. The van der Waals surface area contributed by atoms with Crippen molar-refractivity contribution in [3.05, 3.63) is 0 Å². The maximum absolute atomic E-state index is 11.4. The summed E-state index contributed by atoms with van der Waals surface area (Å²) in [4.78, 5) is 13.0. The molecule has 4 nitrogen and oxygen atoms in total. The number of hydrogen-bond donors (Lipinski definition) is 1. The van der Waals surface area contributed by atoms with Crippen LogP contribution >= 0.6 is 0 Å². The number of carbonyl (C=O) groups excluding carboxylic acids is 1. The molecule has 0 fully saturated rings. The summed E-state index contributed by atoms with van der Waals surface area (Å²) < 4.78 is 0. The zero-order chi connectivity index (χ0) is 10.4. The van der Waals surface area contributed by atoms with E-state index >= 15 is 0 Å². The van der Waals surface area contributed by atoms with Gasteiger partial charge in [-0.2, -0.15) is 5.26 Å². The van der Waals surface area contributed by atoms with Crippen LogP contribution in [0.5, 0.6) is 0 Å². The lowest BCUT2D eigenvalue weighted by Crippen LogP contribution is -2.43. The summed E-state index contributed by atoms with van der Waals surface area (Å²) in [5, 5.41) is 8.58. The van der Waals surface area contributed by atoms with E-state index in [4.69, 9.17) is 11.0 Å². The number of carbonyl (C=O) groups is 1. The Morgan fingerprint density at radius 3 is 2.46 bits per heavy atom. The lowest BCUT2D eigenvalue weighted by Gasteiger charge is -2.23. The molecule has 1 amide bonds. The lowest BCUT2D eigenvalue weighted by atomic mass is 10.2. The summed E-state index contributed by atoms with van der Waals surface area (Å²) in [6.07, 6.45) is 0. The van der Waals surface area contributed by atoms with Crippen molar-refractivity contribution in [3.63, 3.8) is 0 Å². The second-order valence-corrected chi connectivity index (χ2v) is 3.20. The molecule has 0 aromatic rings. The van der Waals surface area contributed by atoms with Crippen LogP contribution in [0.2, 0.25) is 0 Å². The van der Waals surface area contributed by atoms with Crippen LogP contribution in [-0.4, -0.2) is 29.9 Å². The molecule has 0 aromatic carbocycles. The molecule has 0 aliphatic carbocycles. The normalized spacial score (nSPS) is 14.4. The molecule has 0 aliphatic rings. The highest BCUT2D eigenvalue weighted by Crippen LogP contribution is 2.00. The van der Waals surface area contributed by atoms with Crippen molar-refractivity contribution < 1.29 is 4.79 Å². The Balaban J connectivity index is 4.20. The second kappa shape index (κ2) is 5.55.